The van der Waals surface area contributed by atoms with Gasteiger partial charge in [-0.15, -0.1) is 0 Å². The van der Waals surface area contributed by atoms with Crippen molar-refractivity contribution in [3.63, 3.8) is 0 Å². The summed E-state index contributed by atoms with van der Waals surface area (Å²) in [5.74, 6) is 1.50. The monoisotopic (exact) mass is 263 g/mol. The van der Waals surface area contributed by atoms with E-state index in [2.05, 4.69) is 52.2 Å². The van der Waals surface area contributed by atoms with Crippen molar-refractivity contribution in [1.82, 2.24) is 5.48 Å². The molecular formula is C16H25NO2. The Hall–Kier alpha value is -1.06. The molecule has 106 valence electrons. The molecule has 1 aromatic carbocycles. The van der Waals surface area contributed by atoms with Crippen molar-refractivity contribution in [3.8, 4) is 5.75 Å². The van der Waals surface area contributed by atoms with Gasteiger partial charge in [0.05, 0.1) is 13.2 Å². The van der Waals surface area contributed by atoms with E-state index < -0.39 is 0 Å². The minimum absolute atomic E-state index is 0.177. The fraction of sp³-hybridized carbons (Fsp3) is 0.625. The summed E-state index contributed by atoms with van der Waals surface area (Å²) >= 11 is 0. The van der Waals surface area contributed by atoms with E-state index in [9.17, 15) is 0 Å². The van der Waals surface area contributed by atoms with Crippen molar-refractivity contribution in [2.24, 2.45) is 0 Å². The van der Waals surface area contributed by atoms with Gasteiger partial charge in [0.25, 0.3) is 0 Å². The van der Waals surface area contributed by atoms with Gasteiger partial charge in [0.2, 0.25) is 0 Å². The Bertz CT molecular complexity index is 466. The summed E-state index contributed by atoms with van der Waals surface area (Å²) in [6.07, 6.45) is 0.900. The van der Waals surface area contributed by atoms with Gasteiger partial charge in [-0.3, -0.25) is 0 Å². The van der Waals surface area contributed by atoms with Crippen LogP contribution in [0.2, 0.25) is 0 Å². The molecule has 1 heterocycles. The second-order valence-electron chi connectivity index (χ2n) is 6.31. The number of nitrogens with one attached hydrogen (secondary N) is 1. The number of hydrogen-bond donors (Lipinski definition) is 1. The molecule has 3 nitrogen and oxygen atoms in total. The SMILES string of the molecule is CONC1CC(C)(C)Oc2c(C)ccc(C(C)C)c21. The van der Waals surface area contributed by atoms with Gasteiger partial charge in [-0.1, -0.05) is 26.0 Å². The lowest BCUT2D eigenvalue weighted by Gasteiger charge is -2.39. The van der Waals surface area contributed by atoms with Gasteiger partial charge in [0.1, 0.15) is 11.4 Å². The van der Waals surface area contributed by atoms with E-state index in [1.54, 1.807) is 7.11 Å². The Balaban J connectivity index is 2.58. The zero-order chi connectivity index (χ0) is 14.2. The van der Waals surface area contributed by atoms with Crippen LogP contribution in [0, 0.1) is 6.92 Å². The molecule has 1 N–H and O–H groups in total. The maximum absolute atomic E-state index is 6.22. The van der Waals surface area contributed by atoms with Crippen LogP contribution in [-0.4, -0.2) is 12.7 Å². The molecule has 1 atom stereocenters. The first kappa shape index (κ1) is 14.4. The van der Waals surface area contributed by atoms with Crippen molar-refractivity contribution in [3.05, 3.63) is 28.8 Å². The highest BCUT2D eigenvalue weighted by atomic mass is 16.6. The number of hydroxylamine groups is 1. The smallest absolute Gasteiger partial charge is 0.128 e. The second kappa shape index (κ2) is 5.14. The molecule has 0 aromatic heterocycles. The molecule has 19 heavy (non-hydrogen) atoms. The third-order valence-corrected chi connectivity index (χ3v) is 3.73. The predicted molar refractivity (Wildman–Crippen MR) is 77.5 cm³/mol. The first-order valence-electron chi connectivity index (χ1n) is 6.96. The lowest BCUT2D eigenvalue weighted by atomic mass is 9.83. The van der Waals surface area contributed by atoms with E-state index in [0.717, 1.165) is 12.2 Å². The standard InChI is InChI=1S/C16H25NO2/c1-10(2)12-8-7-11(3)15-14(12)13(17-18-6)9-16(4,5)19-15/h7-8,10,13,17H,9H2,1-6H3. The average Bonchev–Trinajstić information content (AvgIpc) is 2.29. The van der Waals surface area contributed by atoms with Crippen LogP contribution in [0.5, 0.6) is 5.75 Å². The van der Waals surface area contributed by atoms with Crippen molar-refractivity contribution >= 4 is 0 Å². The molecule has 2 rings (SSSR count). The van der Waals surface area contributed by atoms with Crippen LogP contribution in [0.1, 0.15) is 62.8 Å². The largest absolute Gasteiger partial charge is 0.487 e. The number of benzene rings is 1. The van der Waals surface area contributed by atoms with E-state index in [0.29, 0.717) is 5.92 Å². The van der Waals surface area contributed by atoms with Crippen LogP contribution in [0.25, 0.3) is 0 Å². The Labute approximate surface area is 116 Å². The summed E-state index contributed by atoms with van der Waals surface area (Å²) in [5.41, 5.74) is 6.75. The van der Waals surface area contributed by atoms with E-state index >= 15 is 0 Å². The minimum Gasteiger partial charge on any atom is -0.487 e. The number of rotatable bonds is 3. The third-order valence-electron chi connectivity index (χ3n) is 3.73. The summed E-state index contributed by atoms with van der Waals surface area (Å²) in [6.45, 7) is 10.8. The summed E-state index contributed by atoms with van der Waals surface area (Å²) in [7, 11) is 1.67. The van der Waals surface area contributed by atoms with Crippen LogP contribution in [-0.2, 0) is 4.84 Å². The van der Waals surface area contributed by atoms with Gasteiger partial charge in [-0.05, 0) is 37.8 Å². The molecule has 1 unspecified atom stereocenters. The first-order chi connectivity index (χ1) is 8.85. The highest BCUT2D eigenvalue weighted by Crippen LogP contribution is 2.44. The Morgan fingerprint density at radius 3 is 2.63 bits per heavy atom. The van der Waals surface area contributed by atoms with Crippen LogP contribution in [0.4, 0.5) is 0 Å². The Morgan fingerprint density at radius 1 is 1.37 bits per heavy atom. The topological polar surface area (TPSA) is 30.5 Å². The van der Waals surface area contributed by atoms with Crippen molar-refractivity contribution in [1.29, 1.82) is 0 Å². The zero-order valence-electron chi connectivity index (χ0n) is 12.8. The van der Waals surface area contributed by atoms with Gasteiger partial charge >= 0.3 is 0 Å². The molecule has 0 radical (unpaired) electrons. The Morgan fingerprint density at radius 2 is 2.05 bits per heavy atom. The predicted octanol–water partition coefficient (Wildman–Crippen LogP) is 3.87. The van der Waals surface area contributed by atoms with E-state index in [1.165, 1.54) is 16.7 Å². The highest BCUT2D eigenvalue weighted by molar-refractivity contribution is 5.50. The molecule has 0 aliphatic carbocycles. The molecule has 1 aromatic rings. The van der Waals surface area contributed by atoms with Crippen LogP contribution >= 0.6 is 0 Å². The molecule has 0 fully saturated rings. The van der Waals surface area contributed by atoms with Crippen molar-refractivity contribution in [2.75, 3.05) is 7.11 Å². The molecule has 1 aliphatic rings. The summed E-state index contributed by atoms with van der Waals surface area (Å²) in [4.78, 5) is 5.20. The number of ether oxygens (including phenoxy) is 1. The lowest BCUT2D eigenvalue weighted by molar-refractivity contribution is 0.00207. The molecule has 3 heteroatoms. The van der Waals surface area contributed by atoms with Crippen LogP contribution in [0.3, 0.4) is 0 Å². The first-order valence-corrected chi connectivity index (χ1v) is 6.96. The maximum Gasteiger partial charge on any atom is 0.128 e. The number of hydrogen-bond acceptors (Lipinski definition) is 3. The van der Waals surface area contributed by atoms with Gasteiger partial charge in [-0.2, -0.15) is 5.48 Å². The number of fused-ring (bicyclic) bond motifs is 1. The summed E-state index contributed by atoms with van der Waals surface area (Å²) < 4.78 is 6.22. The molecular weight excluding hydrogens is 238 g/mol. The van der Waals surface area contributed by atoms with E-state index in [-0.39, 0.29) is 11.6 Å². The minimum atomic E-state index is -0.177. The van der Waals surface area contributed by atoms with E-state index in [4.69, 9.17) is 9.57 Å². The fourth-order valence-electron chi connectivity index (χ4n) is 2.88. The molecule has 0 spiro atoms. The molecule has 0 saturated carbocycles. The Kier molecular flexibility index (Phi) is 3.88. The van der Waals surface area contributed by atoms with Gasteiger partial charge in [0.15, 0.2) is 0 Å². The van der Waals surface area contributed by atoms with Crippen molar-refractivity contribution < 1.29 is 9.57 Å². The van der Waals surface area contributed by atoms with Crippen LogP contribution in [0.15, 0.2) is 12.1 Å². The molecule has 0 bridgehead atoms. The molecule has 0 amide bonds. The quantitative estimate of drug-likeness (QED) is 0.840. The fourth-order valence-corrected chi connectivity index (χ4v) is 2.88. The summed E-state index contributed by atoms with van der Waals surface area (Å²) in [6, 6.07) is 4.55. The number of aryl methyl sites for hydroxylation is 1. The zero-order valence-corrected chi connectivity index (χ0v) is 12.8. The van der Waals surface area contributed by atoms with E-state index in [1.807, 2.05) is 0 Å². The molecule has 0 saturated heterocycles. The third kappa shape index (κ3) is 2.77. The molecule has 1 aliphatic heterocycles. The maximum atomic E-state index is 6.22. The van der Waals surface area contributed by atoms with Gasteiger partial charge in [-0.25, -0.2) is 0 Å². The highest BCUT2D eigenvalue weighted by Gasteiger charge is 2.36. The lowest BCUT2D eigenvalue weighted by Crippen LogP contribution is -2.40. The van der Waals surface area contributed by atoms with Gasteiger partial charge < -0.3 is 9.57 Å². The average molecular weight is 263 g/mol. The summed E-state index contributed by atoms with van der Waals surface area (Å²) in [5, 5.41) is 0. The second-order valence-corrected chi connectivity index (χ2v) is 6.31. The van der Waals surface area contributed by atoms with Crippen molar-refractivity contribution in [2.45, 2.75) is 58.6 Å². The normalized spacial score (nSPS) is 21.1. The van der Waals surface area contributed by atoms with Crippen LogP contribution < -0.4 is 10.2 Å². The van der Waals surface area contributed by atoms with Gasteiger partial charge in [0, 0.05) is 12.0 Å².